The van der Waals surface area contributed by atoms with Crippen LogP contribution in [0, 0.1) is 0 Å². The Balaban J connectivity index is 1.55. The summed E-state index contributed by atoms with van der Waals surface area (Å²) in [5.41, 5.74) is 2.18. The number of halogens is 1. The smallest absolute Gasteiger partial charge is 0.259 e. The van der Waals surface area contributed by atoms with E-state index in [1.807, 2.05) is 18.2 Å². The van der Waals surface area contributed by atoms with Crippen LogP contribution in [-0.2, 0) is 17.3 Å². The fraction of sp³-hybridized carbons (Fsp3) is 0.286. The van der Waals surface area contributed by atoms with Gasteiger partial charge in [0.05, 0.1) is 38.4 Å². The lowest BCUT2D eigenvalue weighted by molar-refractivity contribution is 0.0931. The molecule has 180 valence electrons. The number of carbonyl (C=O) groups is 2. The molecule has 1 atom stereocenters. The van der Waals surface area contributed by atoms with Gasteiger partial charge < -0.3 is 10.2 Å². The molecule has 3 aromatic rings. The van der Waals surface area contributed by atoms with Crippen LogP contribution in [0.4, 0.5) is 5.69 Å². The average Bonchev–Trinajstić information content (AvgIpc) is 3.18. The van der Waals surface area contributed by atoms with Crippen molar-refractivity contribution in [1.29, 1.82) is 0 Å². The predicted octanol–water partition coefficient (Wildman–Crippen LogP) is 6.12. The first-order valence-corrected chi connectivity index (χ1v) is 13.6. The van der Waals surface area contributed by atoms with Crippen molar-refractivity contribution in [2.45, 2.75) is 60.9 Å². The Kier molecular flexibility index (Phi) is 7.02. The molecule has 3 aromatic carbocycles. The van der Waals surface area contributed by atoms with E-state index in [0.29, 0.717) is 31.6 Å². The third kappa shape index (κ3) is 5.04. The van der Waals surface area contributed by atoms with E-state index in [4.69, 9.17) is 11.6 Å². The maximum atomic E-state index is 13.7. The van der Waals surface area contributed by atoms with E-state index in [9.17, 15) is 13.8 Å². The number of hydrogen-bond acceptors (Lipinski definition) is 3. The van der Waals surface area contributed by atoms with Gasteiger partial charge in [-0.1, -0.05) is 61.5 Å². The van der Waals surface area contributed by atoms with E-state index in [1.54, 1.807) is 53.4 Å². The molecule has 1 heterocycles. The van der Waals surface area contributed by atoms with Crippen LogP contribution in [0.2, 0.25) is 5.02 Å². The molecule has 1 aliphatic carbocycles. The molecule has 1 saturated carbocycles. The first kappa shape index (κ1) is 23.8. The molecule has 0 aromatic heterocycles. The van der Waals surface area contributed by atoms with Crippen LogP contribution in [-0.4, -0.2) is 22.1 Å². The number of hydrogen-bond donors (Lipinski definition) is 1. The van der Waals surface area contributed by atoms with Crippen LogP contribution in [0.1, 0.15) is 64.8 Å². The Labute approximate surface area is 212 Å². The Morgan fingerprint density at radius 2 is 1.71 bits per heavy atom. The molecule has 0 saturated heterocycles. The van der Waals surface area contributed by atoms with Gasteiger partial charge in [0, 0.05) is 16.6 Å². The van der Waals surface area contributed by atoms with E-state index in [1.165, 1.54) is 12.8 Å². The molecular formula is C28H27ClN2O3S. The van der Waals surface area contributed by atoms with Crippen LogP contribution < -0.4 is 10.2 Å². The van der Waals surface area contributed by atoms with Gasteiger partial charge in [-0.25, -0.2) is 4.21 Å². The molecule has 5 nitrogen and oxygen atoms in total. The quantitative estimate of drug-likeness (QED) is 0.433. The molecule has 1 fully saturated rings. The summed E-state index contributed by atoms with van der Waals surface area (Å²) in [6.07, 6.45) is 6.61. The average molecular weight is 507 g/mol. The van der Waals surface area contributed by atoms with Crippen molar-refractivity contribution in [3.63, 3.8) is 0 Å². The van der Waals surface area contributed by atoms with E-state index in [2.05, 4.69) is 5.32 Å². The van der Waals surface area contributed by atoms with Gasteiger partial charge in [0.15, 0.2) is 0 Å². The second kappa shape index (κ2) is 10.3. The second-order valence-corrected chi connectivity index (χ2v) is 11.0. The molecule has 2 aliphatic rings. The molecular weight excluding hydrogens is 480 g/mol. The number of benzene rings is 3. The van der Waals surface area contributed by atoms with Crippen LogP contribution in [0.3, 0.4) is 0 Å². The summed E-state index contributed by atoms with van der Waals surface area (Å²) in [7, 11) is -1.56. The van der Waals surface area contributed by atoms with E-state index >= 15 is 0 Å². The van der Waals surface area contributed by atoms with E-state index < -0.39 is 10.8 Å². The van der Waals surface area contributed by atoms with Gasteiger partial charge in [-0.05, 0) is 60.9 Å². The minimum Gasteiger partial charge on any atom is -0.349 e. The van der Waals surface area contributed by atoms with Crippen molar-refractivity contribution in [2.24, 2.45) is 0 Å². The number of carbonyl (C=O) groups excluding carboxylic acids is 2. The summed E-state index contributed by atoms with van der Waals surface area (Å²) < 4.78 is 13.6. The summed E-state index contributed by atoms with van der Waals surface area (Å²) >= 11 is 6.20. The van der Waals surface area contributed by atoms with Gasteiger partial charge >= 0.3 is 0 Å². The Morgan fingerprint density at radius 1 is 0.943 bits per heavy atom. The summed E-state index contributed by atoms with van der Waals surface area (Å²) in [6, 6.07) is 19.6. The van der Waals surface area contributed by atoms with Crippen molar-refractivity contribution in [1.82, 2.24) is 5.32 Å². The highest BCUT2D eigenvalue weighted by Gasteiger charge is 2.31. The number of fused-ring (bicyclic) bond motifs is 2. The first-order chi connectivity index (χ1) is 17.0. The summed E-state index contributed by atoms with van der Waals surface area (Å²) in [4.78, 5) is 29.5. The molecule has 1 N–H and O–H groups in total. The molecule has 7 heteroatoms. The van der Waals surface area contributed by atoms with Crippen LogP contribution in [0.5, 0.6) is 0 Å². The maximum absolute atomic E-state index is 13.7. The van der Waals surface area contributed by atoms with Crippen LogP contribution in [0.15, 0.2) is 76.5 Å². The van der Waals surface area contributed by atoms with E-state index in [-0.39, 0.29) is 24.4 Å². The number of rotatable bonds is 4. The fourth-order valence-electron chi connectivity index (χ4n) is 4.87. The highest BCUT2D eigenvalue weighted by Crippen LogP contribution is 2.36. The minimum atomic E-state index is -1.56. The first-order valence-electron chi connectivity index (χ1n) is 12.0. The highest BCUT2D eigenvalue weighted by atomic mass is 35.5. The van der Waals surface area contributed by atoms with Crippen molar-refractivity contribution in [2.75, 3.05) is 4.90 Å². The normalized spacial score (nSPS) is 18.3. The van der Waals surface area contributed by atoms with Crippen molar-refractivity contribution < 1.29 is 13.8 Å². The molecule has 0 radical (unpaired) electrons. The summed E-state index contributed by atoms with van der Waals surface area (Å²) in [5, 5.41) is 3.75. The van der Waals surface area contributed by atoms with E-state index in [0.717, 1.165) is 31.2 Å². The Bertz CT molecular complexity index is 1300. The number of nitrogens with one attached hydrogen (secondary N) is 1. The highest BCUT2D eigenvalue weighted by molar-refractivity contribution is 7.85. The standard InChI is InChI=1S/C28H27ClN2O3S/c29-21-9-7-8-19(16-21)18-31-24-17-20(27(32)30-22-10-3-1-2-4-11-22)14-15-26(24)35(34)25-13-6-5-12-23(25)28(31)33/h5-9,12-17,22H,1-4,10-11,18H2,(H,30,32). The van der Waals surface area contributed by atoms with Crippen molar-refractivity contribution in [3.8, 4) is 0 Å². The minimum absolute atomic E-state index is 0.159. The van der Waals surface area contributed by atoms with Gasteiger partial charge in [0.2, 0.25) is 0 Å². The molecule has 35 heavy (non-hydrogen) atoms. The Morgan fingerprint density at radius 3 is 2.49 bits per heavy atom. The zero-order valence-corrected chi connectivity index (χ0v) is 20.9. The lowest BCUT2D eigenvalue weighted by Gasteiger charge is -2.24. The monoisotopic (exact) mass is 506 g/mol. The van der Waals surface area contributed by atoms with Gasteiger partial charge in [-0.15, -0.1) is 0 Å². The molecule has 1 unspecified atom stereocenters. The zero-order valence-electron chi connectivity index (χ0n) is 19.3. The lowest BCUT2D eigenvalue weighted by atomic mass is 10.1. The fourth-order valence-corrected chi connectivity index (χ4v) is 6.43. The number of amides is 2. The van der Waals surface area contributed by atoms with Gasteiger partial charge in [0.25, 0.3) is 11.8 Å². The molecule has 0 spiro atoms. The molecule has 1 aliphatic heterocycles. The van der Waals surface area contributed by atoms with Gasteiger partial charge in [0.1, 0.15) is 0 Å². The van der Waals surface area contributed by atoms with Crippen molar-refractivity contribution in [3.05, 3.63) is 88.4 Å². The Hall–Kier alpha value is -2.96. The van der Waals surface area contributed by atoms with Gasteiger partial charge in [-0.2, -0.15) is 0 Å². The summed E-state index contributed by atoms with van der Waals surface area (Å²) in [6.45, 7) is 0.242. The lowest BCUT2D eigenvalue weighted by Crippen LogP contribution is -2.35. The predicted molar refractivity (Wildman–Crippen MR) is 138 cm³/mol. The third-order valence-corrected chi connectivity index (χ3v) is 8.43. The SMILES string of the molecule is O=C(NC1CCCCCC1)c1ccc2c(c1)N(Cc1cccc(Cl)c1)C(=O)c1ccccc1S2=O. The van der Waals surface area contributed by atoms with Gasteiger partial charge in [-0.3, -0.25) is 9.59 Å². The maximum Gasteiger partial charge on any atom is 0.259 e. The zero-order chi connectivity index (χ0) is 24.4. The third-order valence-electron chi connectivity index (χ3n) is 6.69. The van der Waals surface area contributed by atoms with Crippen LogP contribution >= 0.6 is 11.6 Å². The van der Waals surface area contributed by atoms with Crippen LogP contribution in [0.25, 0.3) is 0 Å². The topological polar surface area (TPSA) is 66.5 Å². The largest absolute Gasteiger partial charge is 0.349 e. The molecule has 2 amide bonds. The molecule has 5 rings (SSSR count). The second-order valence-electron chi connectivity index (χ2n) is 9.13. The number of anilines is 1. The molecule has 0 bridgehead atoms. The summed E-state index contributed by atoms with van der Waals surface area (Å²) in [5.74, 6) is -0.420. The number of nitrogens with zero attached hydrogens (tertiary/aromatic N) is 1. The van der Waals surface area contributed by atoms with Crippen molar-refractivity contribution >= 4 is 39.9 Å².